The number of ether oxygens (including phenoxy) is 1. The number of H-pyrrole nitrogens is 1. The third kappa shape index (κ3) is 2.21. The molecular formula is C9H6ClF3N2O. The summed E-state index contributed by atoms with van der Waals surface area (Å²) in [5.74, 6) is -0.387. The Morgan fingerprint density at radius 1 is 1.38 bits per heavy atom. The molecule has 0 amide bonds. The van der Waals surface area contributed by atoms with Crippen molar-refractivity contribution >= 4 is 22.6 Å². The Bertz CT molecular complexity index is 509. The summed E-state index contributed by atoms with van der Waals surface area (Å²) in [5.41, 5.74) is 1.27. The van der Waals surface area contributed by atoms with E-state index in [-0.39, 0.29) is 17.2 Å². The van der Waals surface area contributed by atoms with Crippen molar-refractivity contribution in [2.24, 2.45) is 0 Å². The maximum atomic E-state index is 12.1. The van der Waals surface area contributed by atoms with Gasteiger partial charge in [0.15, 0.2) is 0 Å². The second-order valence-corrected chi connectivity index (χ2v) is 3.33. The fourth-order valence-electron chi connectivity index (χ4n) is 1.33. The van der Waals surface area contributed by atoms with Crippen molar-refractivity contribution in [1.82, 2.24) is 9.97 Å². The van der Waals surface area contributed by atoms with Crippen LogP contribution in [0.5, 0.6) is 5.75 Å². The molecule has 2 rings (SSSR count). The number of nitrogens with one attached hydrogen (secondary N) is 1. The first-order valence-electron chi connectivity index (χ1n) is 4.27. The van der Waals surface area contributed by atoms with Gasteiger partial charge in [-0.15, -0.1) is 24.8 Å². The van der Waals surface area contributed by atoms with Crippen LogP contribution in [0.1, 0.15) is 5.56 Å². The Morgan fingerprint density at radius 2 is 2.12 bits per heavy atom. The molecule has 0 saturated carbocycles. The Kier molecular flexibility index (Phi) is 2.67. The van der Waals surface area contributed by atoms with Crippen molar-refractivity contribution < 1.29 is 17.9 Å². The summed E-state index contributed by atoms with van der Waals surface area (Å²) in [6.45, 7) is 0. The van der Waals surface area contributed by atoms with E-state index in [4.69, 9.17) is 11.6 Å². The van der Waals surface area contributed by atoms with Gasteiger partial charge in [-0.25, -0.2) is 4.98 Å². The van der Waals surface area contributed by atoms with Gasteiger partial charge in [0.2, 0.25) is 0 Å². The first kappa shape index (κ1) is 11.1. The number of halogens is 4. The summed E-state index contributed by atoms with van der Waals surface area (Å²) in [4.78, 5) is 6.62. The molecule has 0 bridgehead atoms. The predicted octanol–water partition coefficient (Wildman–Crippen LogP) is 3.20. The second-order valence-electron chi connectivity index (χ2n) is 3.06. The minimum atomic E-state index is -4.73. The van der Waals surface area contributed by atoms with Crippen LogP contribution >= 0.6 is 11.6 Å². The van der Waals surface area contributed by atoms with Crippen molar-refractivity contribution in [3.63, 3.8) is 0 Å². The molecule has 1 aromatic heterocycles. The molecule has 0 spiro atoms. The molecular weight excluding hydrogens is 245 g/mol. The molecule has 7 heteroatoms. The number of nitrogens with zero attached hydrogens (tertiary/aromatic N) is 1. The van der Waals surface area contributed by atoms with E-state index in [1.807, 2.05) is 0 Å². The summed E-state index contributed by atoms with van der Waals surface area (Å²) in [6.07, 6.45) is -3.34. The lowest BCUT2D eigenvalue weighted by Crippen LogP contribution is -2.18. The number of alkyl halides is 4. The van der Waals surface area contributed by atoms with E-state index in [9.17, 15) is 13.2 Å². The van der Waals surface area contributed by atoms with E-state index in [0.29, 0.717) is 11.0 Å². The Labute approximate surface area is 93.2 Å². The fraction of sp³-hybridized carbons (Fsp3) is 0.222. The summed E-state index contributed by atoms with van der Waals surface area (Å²) in [5, 5.41) is 0. The molecule has 0 aliphatic carbocycles. The van der Waals surface area contributed by atoms with Crippen LogP contribution in [0.3, 0.4) is 0 Å². The molecule has 86 valence electrons. The molecule has 1 aromatic carbocycles. The van der Waals surface area contributed by atoms with Crippen molar-refractivity contribution in [2.45, 2.75) is 12.2 Å². The maximum absolute atomic E-state index is 12.1. The van der Waals surface area contributed by atoms with Gasteiger partial charge in [-0.1, -0.05) is 0 Å². The highest BCUT2D eigenvalue weighted by Crippen LogP contribution is 2.30. The Morgan fingerprint density at radius 3 is 2.75 bits per heavy atom. The van der Waals surface area contributed by atoms with Gasteiger partial charge in [-0.2, -0.15) is 0 Å². The molecule has 0 saturated heterocycles. The van der Waals surface area contributed by atoms with Crippen LogP contribution in [0.4, 0.5) is 13.2 Å². The van der Waals surface area contributed by atoms with Crippen LogP contribution in [0.25, 0.3) is 11.0 Å². The second kappa shape index (κ2) is 3.86. The van der Waals surface area contributed by atoms with Crippen LogP contribution in [-0.4, -0.2) is 16.3 Å². The molecule has 1 N–H and O–H groups in total. The number of hydrogen-bond donors (Lipinski definition) is 1. The third-order valence-corrected chi connectivity index (χ3v) is 2.26. The number of aromatic nitrogens is 2. The lowest BCUT2D eigenvalue weighted by Gasteiger charge is -2.11. The van der Waals surface area contributed by atoms with E-state index < -0.39 is 6.36 Å². The highest BCUT2D eigenvalue weighted by atomic mass is 35.5. The number of rotatable bonds is 2. The Hall–Kier alpha value is -1.43. The van der Waals surface area contributed by atoms with Gasteiger partial charge in [0.1, 0.15) is 5.75 Å². The van der Waals surface area contributed by atoms with Gasteiger partial charge >= 0.3 is 6.36 Å². The molecule has 0 aliphatic heterocycles. The zero-order valence-corrected chi connectivity index (χ0v) is 8.56. The van der Waals surface area contributed by atoms with Crippen molar-refractivity contribution in [3.8, 4) is 5.75 Å². The smallest absolute Gasteiger partial charge is 0.405 e. The number of benzene rings is 1. The zero-order chi connectivity index (χ0) is 11.8. The van der Waals surface area contributed by atoms with Crippen LogP contribution < -0.4 is 4.74 Å². The van der Waals surface area contributed by atoms with Crippen molar-refractivity contribution in [1.29, 1.82) is 0 Å². The normalized spacial score (nSPS) is 12.0. The number of imidazole rings is 1. The summed E-state index contributed by atoms with van der Waals surface area (Å²) < 4.78 is 40.1. The van der Waals surface area contributed by atoms with Crippen LogP contribution in [-0.2, 0) is 5.88 Å². The SMILES string of the molecule is FC(F)(F)Oc1cc2nc[nH]c2cc1CCl. The molecule has 16 heavy (non-hydrogen) atoms. The maximum Gasteiger partial charge on any atom is 0.573 e. The van der Waals surface area contributed by atoms with Crippen molar-refractivity contribution in [2.75, 3.05) is 0 Å². The summed E-state index contributed by atoms with van der Waals surface area (Å²) in [7, 11) is 0. The van der Waals surface area contributed by atoms with Gasteiger partial charge in [0.05, 0.1) is 23.2 Å². The molecule has 0 atom stereocenters. The summed E-state index contributed by atoms with van der Waals surface area (Å²) >= 11 is 5.55. The first-order chi connectivity index (χ1) is 7.49. The van der Waals surface area contributed by atoms with Gasteiger partial charge in [0.25, 0.3) is 0 Å². The van der Waals surface area contributed by atoms with Gasteiger partial charge in [-0.3, -0.25) is 0 Å². The summed E-state index contributed by atoms with van der Waals surface area (Å²) in [6, 6.07) is 2.69. The van der Waals surface area contributed by atoms with Gasteiger partial charge in [-0.05, 0) is 6.07 Å². The van der Waals surface area contributed by atoms with E-state index >= 15 is 0 Å². The monoisotopic (exact) mass is 250 g/mol. The van der Waals surface area contributed by atoms with Crippen molar-refractivity contribution in [3.05, 3.63) is 24.0 Å². The molecule has 1 heterocycles. The standard InChI is InChI=1S/C9H6ClF3N2O/c10-3-5-1-6-7(15-4-14-6)2-8(5)16-9(11,12)13/h1-2,4H,3H2,(H,14,15). The highest BCUT2D eigenvalue weighted by molar-refractivity contribution is 6.17. The molecule has 0 unspecified atom stereocenters. The predicted molar refractivity (Wildman–Crippen MR) is 52.3 cm³/mol. The highest BCUT2D eigenvalue weighted by Gasteiger charge is 2.32. The molecule has 3 nitrogen and oxygen atoms in total. The van der Waals surface area contributed by atoms with E-state index in [2.05, 4.69) is 14.7 Å². The van der Waals surface area contributed by atoms with E-state index in [1.165, 1.54) is 18.5 Å². The lowest BCUT2D eigenvalue weighted by atomic mass is 10.2. The first-order valence-corrected chi connectivity index (χ1v) is 4.81. The Balaban J connectivity index is 2.48. The third-order valence-electron chi connectivity index (χ3n) is 1.97. The number of fused-ring (bicyclic) bond motifs is 1. The number of aromatic amines is 1. The van der Waals surface area contributed by atoms with Crippen LogP contribution in [0, 0.1) is 0 Å². The molecule has 0 fully saturated rings. The minimum Gasteiger partial charge on any atom is -0.405 e. The average Bonchev–Trinajstić information content (AvgIpc) is 2.60. The fourth-order valence-corrected chi connectivity index (χ4v) is 1.54. The quantitative estimate of drug-likeness (QED) is 0.831. The topological polar surface area (TPSA) is 37.9 Å². The van der Waals surface area contributed by atoms with Crippen LogP contribution in [0.15, 0.2) is 18.5 Å². The minimum absolute atomic E-state index is 0.0691. The molecule has 0 aliphatic rings. The largest absolute Gasteiger partial charge is 0.573 e. The van der Waals surface area contributed by atoms with Gasteiger partial charge < -0.3 is 9.72 Å². The average molecular weight is 251 g/mol. The number of hydrogen-bond acceptors (Lipinski definition) is 2. The molecule has 0 radical (unpaired) electrons. The van der Waals surface area contributed by atoms with Crippen LogP contribution in [0.2, 0.25) is 0 Å². The lowest BCUT2D eigenvalue weighted by molar-refractivity contribution is -0.274. The zero-order valence-electron chi connectivity index (χ0n) is 7.81. The van der Waals surface area contributed by atoms with Gasteiger partial charge in [0, 0.05) is 11.6 Å². The van der Waals surface area contributed by atoms with E-state index in [1.54, 1.807) is 0 Å². The molecule has 2 aromatic rings. The van der Waals surface area contributed by atoms with E-state index in [0.717, 1.165) is 0 Å².